The molecule has 0 atom stereocenters. The van der Waals surface area contributed by atoms with Crippen LogP contribution in [0.3, 0.4) is 0 Å². The van der Waals surface area contributed by atoms with Crippen LogP contribution in [0.25, 0.3) is 0 Å². The van der Waals surface area contributed by atoms with Crippen LogP contribution in [0.4, 0.5) is 0 Å². The summed E-state index contributed by atoms with van der Waals surface area (Å²) in [5.74, 6) is 2.42. The predicted octanol–water partition coefficient (Wildman–Crippen LogP) is 2.52. The molecule has 3 rings (SSSR count). The summed E-state index contributed by atoms with van der Waals surface area (Å²) in [7, 11) is 1.77. The number of nitrogens with zero attached hydrogens (tertiary/aromatic N) is 2. The van der Waals surface area contributed by atoms with Gasteiger partial charge in [0.15, 0.2) is 17.5 Å². The predicted molar refractivity (Wildman–Crippen MR) is 101 cm³/mol. The lowest BCUT2D eigenvalue weighted by Crippen LogP contribution is -2.37. The van der Waals surface area contributed by atoms with Crippen molar-refractivity contribution in [1.82, 2.24) is 15.6 Å². The first-order chi connectivity index (χ1) is 12.2. The maximum atomic E-state index is 5.73. The topological polar surface area (TPSA) is 67.8 Å². The summed E-state index contributed by atoms with van der Waals surface area (Å²) in [5, 5.41) is 7.79. The largest absolute Gasteiger partial charge is 0.490 e. The summed E-state index contributed by atoms with van der Waals surface area (Å²) in [5.41, 5.74) is 1.13. The second-order valence-corrected chi connectivity index (χ2v) is 7.12. The van der Waals surface area contributed by atoms with E-state index in [-0.39, 0.29) is 0 Å². The third-order valence-electron chi connectivity index (χ3n) is 3.80. The summed E-state index contributed by atoms with van der Waals surface area (Å²) < 4.78 is 11.4. The molecular weight excluding hydrogens is 336 g/mol. The van der Waals surface area contributed by atoms with Gasteiger partial charge in [-0.3, -0.25) is 4.99 Å². The van der Waals surface area contributed by atoms with Crippen LogP contribution in [0.15, 0.2) is 29.4 Å². The molecule has 2 aromatic rings. The number of guanidine groups is 1. The smallest absolute Gasteiger partial charge is 0.191 e. The Labute approximate surface area is 152 Å². The molecule has 0 saturated carbocycles. The van der Waals surface area contributed by atoms with Crippen molar-refractivity contribution in [2.45, 2.75) is 26.3 Å². The third-order valence-corrected chi connectivity index (χ3v) is 4.77. The molecular formula is C18H24N4O2S. The second-order valence-electron chi connectivity index (χ2n) is 5.80. The Morgan fingerprint density at radius 3 is 2.84 bits per heavy atom. The fourth-order valence-electron chi connectivity index (χ4n) is 2.53. The van der Waals surface area contributed by atoms with Gasteiger partial charge in [-0.2, -0.15) is 0 Å². The van der Waals surface area contributed by atoms with E-state index >= 15 is 0 Å². The Morgan fingerprint density at radius 1 is 1.24 bits per heavy atom. The SMILES string of the molecule is CN=C(NCCc1ncc(C)s1)NCc1ccc2c(c1)OCCCO2. The summed E-state index contributed by atoms with van der Waals surface area (Å²) in [6.45, 7) is 4.95. The molecule has 0 unspecified atom stereocenters. The van der Waals surface area contributed by atoms with Gasteiger partial charge in [0, 0.05) is 44.1 Å². The molecule has 7 heteroatoms. The van der Waals surface area contributed by atoms with Crippen molar-refractivity contribution in [2.24, 2.45) is 4.99 Å². The standard InChI is InChI=1S/C18H24N4O2S/c1-13-11-21-17(25-13)6-7-20-18(19-2)22-12-14-4-5-15-16(10-14)24-9-3-8-23-15/h4-5,10-11H,3,6-9,12H2,1-2H3,(H2,19,20,22). The van der Waals surface area contributed by atoms with Crippen molar-refractivity contribution in [3.63, 3.8) is 0 Å². The van der Waals surface area contributed by atoms with Crippen LogP contribution < -0.4 is 20.1 Å². The first-order valence-electron chi connectivity index (χ1n) is 8.49. The van der Waals surface area contributed by atoms with Crippen molar-refractivity contribution in [1.29, 1.82) is 0 Å². The highest BCUT2D eigenvalue weighted by molar-refractivity contribution is 7.11. The Morgan fingerprint density at radius 2 is 2.08 bits per heavy atom. The van der Waals surface area contributed by atoms with Crippen LogP contribution in [-0.4, -0.2) is 37.7 Å². The lowest BCUT2D eigenvalue weighted by atomic mass is 10.2. The third kappa shape index (κ3) is 5.09. The van der Waals surface area contributed by atoms with E-state index in [4.69, 9.17) is 9.47 Å². The summed E-state index contributed by atoms with van der Waals surface area (Å²) in [6, 6.07) is 6.05. The zero-order valence-electron chi connectivity index (χ0n) is 14.7. The number of hydrogen-bond acceptors (Lipinski definition) is 5. The summed E-state index contributed by atoms with van der Waals surface area (Å²) in [4.78, 5) is 9.88. The number of hydrogen-bond donors (Lipinski definition) is 2. The van der Waals surface area contributed by atoms with E-state index in [2.05, 4.69) is 27.5 Å². The monoisotopic (exact) mass is 360 g/mol. The van der Waals surface area contributed by atoms with E-state index in [0.717, 1.165) is 47.4 Å². The van der Waals surface area contributed by atoms with Gasteiger partial charge in [0.1, 0.15) is 0 Å². The number of rotatable bonds is 5. The van der Waals surface area contributed by atoms with Gasteiger partial charge in [-0.1, -0.05) is 6.07 Å². The molecule has 0 fully saturated rings. The Hall–Kier alpha value is -2.28. The highest BCUT2D eigenvalue weighted by Crippen LogP contribution is 2.30. The molecule has 1 aliphatic rings. The van der Waals surface area contributed by atoms with E-state index in [1.54, 1.807) is 18.4 Å². The van der Waals surface area contributed by atoms with E-state index in [9.17, 15) is 0 Å². The van der Waals surface area contributed by atoms with Crippen LogP contribution >= 0.6 is 11.3 Å². The van der Waals surface area contributed by atoms with E-state index in [1.165, 1.54) is 4.88 Å². The van der Waals surface area contributed by atoms with Crippen molar-refractivity contribution in [3.05, 3.63) is 39.8 Å². The van der Waals surface area contributed by atoms with E-state index in [0.29, 0.717) is 19.8 Å². The van der Waals surface area contributed by atoms with Crippen LogP contribution in [0, 0.1) is 6.92 Å². The zero-order chi connectivity index (χ0) is 17.5. The maximum Gasteiger partial charge on any atom is 0.191 e. The molecule has 0 aliphatic carbocycles. The van der Waals surface area contributed by atoms with E-state index in [1.807, 2.05) is 24.4 Å². The number of benzene rings is 1. The number of aromatic nitrogens is 1. The number of thiazole rings is 1. The van der Waals surface area contributed by atoms with Gasteiger partial charge in [-0.15, -0.1) is 11.3 Å². The highest BCUT2D eigenvalue weighted by Gasteiger charge is 2.10. The molecule has 2 heterocycles. The number of nitrogens with one attached hydrogen (secondary N) is 2. The molecule has 0 radical (unpaired) electrons. The average molecular weight is 360 g/mol. The molecule has 1 aromatic carbocycles. The van der Waals surface area contributed by atoms with E-state index < -0.39 is 0 Å². The average Bonchev–Trinajstić information content (AvgIpc) is 2.90. The number of aliphatic imine (C=N–C) groups is 1. The van der Waals surface area contributed by atoms with Crippen molar-refractivity contribution < 1.29 is 9.47 Å². The second kappa shape index (κ2) is 8.71. The van der Waals surface area contributed by atoms with Crippen molar-refractivity contribution in [2.75, 3.05) is 26.8 Å². The zero-order valence-corrected chi connectivity index (χ0v) is 15.5. The summed E-state index contributed by atoms with van der Waals surface area (Å²) >= 11 is 1.73. The number of fused-ring (bicyclic) bond motifs is 1. The van der Waals surface area contributed by atoms with Crippen molar-refractivity contribution >= 4 is 17.3 Å². The first kappa shape index (κ1) is 17.5. The van der Waals surface area contributed by atoms with Gasteiger partial charge in [0.05, 0.1) is 18.2 Å². The molecule has 1 aliphatic heterocycles. The van der Waals surface area contributed by atoms with Gasteiger partial charge in [0.2, 0.25) is 0 Å². The minimum Gasteiger partial charge on any atom is -0.490 e. The fourth-order valence-corrected chi connectivity index (χ4v) is 3.32. The molecule has 0 saturated heterocycles. The van der Waals surface area contributed by atoms with Crippen LogP contribution in [0.2, 0.25) is 0 Å². The molecule has 6 nitrogen and oxygen atoms in total. The number of ether oxygens (including phenoxy) is 2. The minimum atomic E-state index is 0.673. The molecule has 0 bridgehead atoms. The van der Waals surface area contributed by atoms with Crippen LogP contribution in [-0.2, 0) is 13.0 Å². The summed E-state index contributed by atoms with van der Waals surface area (Å²) in [6.07, 6.45) is 3.72. The Bertz CT molecular complexity index is 730. The van der Waals surface area contributed by atoms with Gasteiger partial charge in [-0.25, -0.2) is 4.98 Å². The van der Waals surface area contributed by atoms with Crippen molar-refractivity contribution in [3.8, 4) is 11.5 Å². The Kier molecular flexibility index (Phi) is 6.11. The molecule has 2 N–H and O–H groups in total. The Balaban J connectivity index is 1.48. The van der Waals surface area contributed by atoms with Crippen LogP contribution in [0.1, 0.15) is 21.9 Å². The quantitative estimate of drug-likeness (QED) is 0.633. The lowest BCUT2D eigenvalue weighted by molar-refractivity contribution is 0.297. The molecule has 134 valence electrons. The highest BCUT2D eigenvalue weighted by atomic mass is 32.1. The van der Waals surface area contributed by atoms with Gasteiger partial charge < -0.3 is 20.1 Å². The normalized spacial score (nSPS) is 14.1. The first-order valence-corrected chi connectivity index (χ1v) is 9.30. The van der Waals surface area contributed by atoms with Gasteiger partial charge >= 0.3 is 0 Å². The van der Waals surface area contributed by atoms with Crippen LogP contribution in [0.5, 0.6) is 11.5 Å². The molecule has 1 aromatic heterocycles. The van der Waals surface area contributed by atoms with Gasteiger partial charge in [-0.05, 0) is 24.6 Å². The molecule has 25 heavy (non-hydrogen) atoms. The molecule has 0 spiro atoms. The fraction of sp³-hybridized carbons (Fsp3) is 0.444. The minimum absolute atomic E-state index is 0.673. The lowest BCUT2D eigenvalue weighted by Gasteiger charge is -2.13. The number of aryl methyl sites for hydroxylation is 1. The van der Waals surface area contributed by atoms with Gasteiger partial charge in [0.25, 0.3) is 0 Å². The maximum absolute atomic E-state index is 5.73. The molecule has 0 amide bonds.